The molecule has 1 aliphatic rings. The number of likely N-dealkylation sites (tertiary alicyclic amines) is 1. The number of hydrogen-bond donors (Lipinski definition) is 1. The van der Waals surface area contributed by atoms with Crippen molar-refractivity contribution in [2.24, 2.45) is 0 Å². The standard InChI is InChI=1S/C14H17IN2O2/c1-10(18)16-11-5-4-8-17(9-11)14(19)12-6-2-3-7-13(12)15/h2-3,6-7,11H,4-5,8-9H2,1H3,(H,16,18). The minimum Gasteiger partial charge on any atom is -0.352 e. The van der Waals surface area contributed by atoms with Crippen molar-refractivity contribution in [2.45, 2.75) is 25.8 Å². The molecule has 2 amide bonds. The molecule has 4 nitrogen and oxygen atoms in total. The first-order chi connectivity index (χ1) is 9.08. The lowest BCUT2D eigenvalue weighted by Crippen LogP contribution is -2.49. The van der Waals surface area contributed by atoms with Gasteiger partial charge < -0.3 is 10.2 Å². The summed E-state index contributed by atoms with van der Waals surface area (Å²) in [5.41, 5.74) is 0.742. The van der Waals surface area contributed by atoms with Gasteiger partial charge in [-0.25, -0.2) is 0 Å². The monoisotopic (exact) mass is 372 g/mol. The van der Waals surface area contributed by atoms with E-state index in [0.717, 1.165) is 28.5 Å². The molecule has 1 heterocycles. The maximum Gasteiger partial charge on any atom is 0.254 e. The summed E-state index contributed by atoms with van der Waals surface area (Å²) in [4.78, 5) is 25.4. The van der Waals surface area contributed by atoms with Gasteiger partial charge in [0.25, 0.3) is 5.91 Å². The van der Waals surface area contributed by atoms with Crippen LogP contribution in [0.3, 0.4) is 0 Å². The predicted molar refractivity (Wildman–Crippen MR) is 81.9 cm³/mol. The van der Waals surface area contributed by atoms with E-state index in [1.165, 1.54) is 6.92 Å². The van der Waals surface area contributed by atoms with Gasteiger partial charge in [0.1, 0.15) is 0 Å². The number of nitrogens with one attached hydrogen (secondary N) is 1. The van der Waals surface area contributed by atoms with E-state index < -0.39 is 0 Å². The van der Waals surface area contributed by atoms with Crippen LogP contribution in [0.25, 0.3) is 0 Å². The molecule has 1 aromatic rings. The molecule has 0 spiro atoms. The van der Waals surface area contributed by atoms with E-state index in [-0.39, 0.29) is 17.9 Å². The molecule has 0 aromatic heterocycles. The summed E-state index contributed by atoms with van der Waals surface area (Å²) < 4.78 is 0.965. The Hall–Kier alpha value is -1.11. The molecule has 0 bridgehead atoms. The molecule has 1 aliphatic heterocycles. The van der Waals surface area contributed by atoms with E-state index in [4.69, 9.17) is 0 Å². The van der Waals surface area contributed by atoms with Crippen LogP contribution in [0.2, 0.25) is 0 Å². The number of halogens is 1. The molecule has 5 heteroatoms. The lowest BCUT2D eigenvalue weighted by atomic mass is 10.0. The molecule has 19 heavy (non-hydrogen) atoms. The second kappa shape index (κ2) is 6.36. The fourth-order valence-corrected chi connectivity index (χ4v) is 2.99. The van der Waals surface area contributed by atoms with Crippen molar-refractivity contribution < 1.29 is 9.59 Å². The first-order valence-corrected chi connectivity index (χ1v) is 7.46. The molecule has 1 saturated heterocycles. The summed E-state index contributed by atoms with van der Waals surface area (Å²) in [7, 11) is 0. The highest BCUT2D eigenvalue weighted by Crippen LogP contribution is 2.17. The number of carbonyl (C=O) groups excluding carboxylic acids is 2. The third kappa shape index (κ3) is 3.68. The predicted octanol–water partition coefficient (Wildman–Crippen LogP) is 2.03. The van der Waals surface area contributed by atoms with Crippen LogP contribution in [-0.2, 0) is 4.79 Å². The zero-order valence-electron chi connectivity index (χ0n) is 10.9. The average molecular weight is 372 g/mol. The molecule has 0 aliphatic carbocycles. The second-order valence-electron chi connectivity index (χ2n) is 4.77. The van der Waals surface area contributed by atoms with E-state index in [1.807, 2.05) is 29.2 Å². The number of amides is 2. The van der Waals surface area contributed by atoms with Gasteiger partial charge in [-0.15, -0.1) is 0 Å². The molecule has 102 valence electrons. The third-order valence-corrected chi connectivity index (χ3v) is 4.16. The summed E-state index contributed by atoms with van der Waals surface area (Å²) in [5.74, 6) is 0.0219. The van der Waals surface area contributed by atoms with Gasteiger partial charge in [-0.3, -0.25) is 9.59 Å². The first kappa shape index (κ1) is 14.3. The summed E-state index contributed by atoms with van der Waals surface area (Å²) in [5, 5.41) is 2.90. The lowest BCUT2D eigenvalue weighted by molar-refractivity contribution is -0.120. The number of nitrogens with zero attached hydrogens (tertiary/aromatic N) is 1. The van der Waals surface area contributed by atoms with Crippen molar-refractivity contribution in [3.8, 4) is 0 Å². The molecule has 1 fully saturated rings. The van der Waals surface area contributed by atoms with Gasteiger partial charge in [0.15, 0.2) is 0 Å². The topological polar surface area (TPSA) is 49.4 Å². The Bertz CT molecular complexity index is 490. The van der Waals surface area contributed by atoms with Crippen molar-refractivity contribution in [3.63, 3.8) is 0 Å². The summed E-state index contributed by atoms with van der Waals surface area (Å²) in [6.07, 6.45) is 1.87. The van der Waals surface area contributed by atoms with E-state index in [2.05, 4.69) is 27.9 Å². The van der Waals surface area contributed by atoms with E-state index in [9.17, 15) is 9.59 Å². The molecular formula is C14H17IN2O2. The van der Waals surface area contributed by atoms with Crippen LogP contribution < -0.4 is 5.32 Å². The second-order valence-corrected chi connectivity index (χ2v) is 5.93. The molecule has 0 saturated carbocycles. The van der Waals surface area contributed by atoms with Gasteiger partial charge in [-0.2, -0.15) is 0 Å². The van der Waals surface area contributed by atoms with Gasteiger partial charge in [0.2, 0.25) is 5.91 Å². The van der Waals surface area contributed by atoms with E-state index >= 15 is 0 Å². The number of benzene rings is 1. The van der Waals surface area contributed by atoms with Gasteiger partial charge >= 0.3 is 0 Å². The zero-order chi connectivity index (χ0) is 13.8. The zero-order valence-corrected chi connectivity index (χ0v) is 13.0. The first-order valence-electron chi connectivity index (χ1n) is 6.39. The SMILES string of the molecule is CC(=O)NC1CCCN(C(=O)c2ccccc2I)C1. The van der Waals surface area contributed by atoms with Gasteiger partial charge in [-0.1, -0.05) is 12.1 Å². The van der Waals surface area contributed by atoms with Crippen molar-refractivity contribution in [2.75, 3.05) is 13.1 Å². The van der Waals surface area contributed by atoms with Gasteiger partial charge in [0.05, 0.1) is 5.56 Å². The van der Waals surface area contributed by atoms with Crippen LogP contribution in [0.15, 0.2) is 24.3 Å². The normalized spacial score (nSPS) is 19.1. The molecule has 2 rings (SSSR count). The summed E-state index contributed by atoms with van der Waals surface area (Å²) >= 11 is 2.18. The highest BCUT2D eigenvalue weighted by atomic mass is 127. The van der Waals surface area contributed by atoms with Gasteiger partial charge in [-0.05, 0) is 47.6 Å². The Morgan fingerprint density at radius 3 is 2.79 bits per heavy atom. The van der Waals surface area contributed by atoms with Gasteiger partial charge in [0, 0.05) is 29.6 Å². The van der Waals surface area contributed by atoms with E-state index in [0.29, 0.717) is 6.54 Å². The number of hydrogen-bond acceptors (Lipinski definition) is 2. The lowest BCUT2D eigenvalue weighted by Gasteiger charge is -2.33. The molecule has 0 radical (unpaired) electrons. The highest BCUT2D eigenvalue weighted by Gasteiger charge is 2.25. The molecule has 1 aromatic carbocycles. The van der Waals surface area contributed by atoms with Crippen molar-refractivity contribution >= 4 is 34.4 Å². The summed E-state index contributed by atoms with van der Waals surface area (Å²) in [6.45, 7) is 2.88. The Balaban J connectivity index is 2.07. The summed E-state index contributed by atoms with van der Waals surface area (Å²) in [6, 6.07) is 7.67. The highest BCUT2D eigenvalue weighted by molar-refractivity contribution is 14.1. The third-order valence-electron chi connectivity index (χ3n) is 3.22. The largest absolute Gasteiger partial charge is 0.352 e. The average Bonchev–Trinajstić information content (AvgIpc) is 2.38. The number of piperidine rings is 1. The molecule has 1 N–H and O–H groups in total. The fraction of sp³-hybridized carbons (Fsp3) is 0.429. The van der Waals surface area contributed by atoms with Crippen molar-refractivity contribution in [1.82, 2.24) is 10.2 Å². The number of carbonyl (C=O) groups is 2. The van der Waals surface area contributed by atoms with Crippen molar-refractivity contribution in [1.29, 1.82) is 0 Å². The maximum absolute atomic E-state index is 12.5. The van der Waals surface area contributed by atoms with Crippen LogP contribution in [0.1, 0.15) is 30.1 Å². The Morgan fingerprint density at radius 2 is 2.11 bits per heavy atom. The van der Waals surface area contributed by atoms with Crippen LogP contribution in [0.4, 0.5) is 0 Å². The molecular weight excluding hydrogens is 355 g/mol. The smallest absolute Gasteiger partial charge is 0.254 e. The van der Waals surface area contributed by atoms with Crippen LogP contribution in [-0.4, -0.2) is 35.8 Å². The fourth-order valence-electron chi connectivity index (χ4n) is 2.37. The van der Waals surface area contributed by atoms with Crippen LogP contribution in [0, 0.1) is 3.57 Å². The van der Waals surface area contributed by atoms with E-state index in [1.54, 1.807) is 0 Å². The Labute approximate surface area is 126 Å². The minimum absolute atomic E-state index is 0.0337. The Morgan fingerprint density at radius 1 is 1.37 bits per heavy atom. The quantitative estimate of drug-likeness (QED) is 0.808. The molecule has 1 unspecified atom stereocenters. The van der Waals surface area contributed by atoms with Crippen molar-refractivity contribution in [3.05, 3.63) is 33.4 Å². The van der Waals surface area contributed by atoms with Crippen LogP contribution >= 0.6 is 22.6 Å². The molecule has 1 atom stereocenters. The number of rotatable bonds is 2. The maximum atomic E-state index is 12.5. The minimum atomic E-state index is -0.0337. The van der Waals surface area contributed by atoms with Crippen LogP contribution in [0.5, 0.6) is 0 Å². The Kier molecular flexibility index (Phi) is 4.79.